The van der Waals surface area contributed by atoms with E-state index in [1.54, 1.807) is 0 Å². The third kappa shape index (κ3) is 2.87. The third-order valence-corrected chi connectivity index (χ3v) is 3.73. The Morgan fingerprint density at radius 1 is 1.35 bits per heavy atom. The number of nitrogens with one attached hydrogen (secondary N) is 2. The second-order valence-corrected chi connectivity index (χ2v) is 5.18. The number of carbonyl (C=O) groups excluding carboxylic acids is 3. The molecular weight excluding hydrogens is 298 g/mol. The van der Waals surface area contributed by atoms with Gasteiger partial charge < -0.3 is 15.2 Å². The van der Waals surface area contributed by atoms with E-state index in [2.05, 4.69) is 15.6 Å². The first-order valence-corrected chi connectivity index (χ1v) is 7.39. The molecule has 1 aliphatic heterocycles. The van der Waals surface area contributed by atoms with Crippen LogP contribution >= 0.6 is 0 Å². The van der Waals surface area contributed by atoms with Crippen molar-refractivity contribution >= 4 is 28.9 Å². The van der Waals surface area contributed by atoms with Gasteiger partial charge in [-0.2, -0.15) is 0 Å². The van der Waals surface area contributed by atoms with Gasteiger partial charge in [0.15, 0.2) is 0 Å². The van der Waals surface area contributed by atoms with Gasteiger partial charge in [0.1, 0.15) is 12.4 Å². The number of nitrogens with zero attached hydrogens (tertiary/aromatic N) is 3. The summed E-state index contributed by atoms with van der Waals surface area (Å²) in [6, 6.07) is 7.21. The molecule has 0 unspecified atom stereocenters. The monoisotopic (exact) mass is 315 g/mol. The molecule has 1 saturated heterocycles. The average molecular weight is 315 g/mol. The zero-order chi connectivity index (χ0) is 16.4. The lowest BCUT2D eigenvalue weighted by Gasteiger charge is -2.12. The highest BCUT2D eigenvalue weighted by Gasteiger charge is 2.30. The number of aryl methyl sites for hydroxylation is 1. The normalized spacial score (nSPS) is 14.4. The summed E-state index contributed by atoms with van der Waals surface area (Å²) in [5.74, 6) is -0.0599. The van der Waals surface area contributed by atoms with Crippen LogP contribution in [0.5, 0.6) is 0 Å². The van der Waals surface area contributed by atoms with Gasteiger partial charge in [-0.05, 0) is 19.1 Å². The summed E-state index contributed by atoms with van der Waals surface area (Å²) in [7, 11) is 0. The van der Waals surface area contributed by atoms with Crippen molar-refractivity contribution < 1.29 is 14.4 Å². The second kappa shape index (κ2) is 6.07. The fraction of sp³-hybridized carbons (Fsp3) is 0.333. The molecule has 2 N–H and O–H groups in total. The molecule has 8 nitrogen and oxygen atoms in total. The first-order chi connectivity index (χ1) is 11.1. The molecule has 1 aromatic carbocycles. The Labute approximate surface area is 132 Å². The van der Waals surface area contributed by atoms with Crippen molar-refractivity contribution in [1.29, 1.82) is 0 Å². The highest BCUT2D eigenvalue weighted by atomic mass is 16.2. The molecule has 0 saturated carbocycles. The molecule has 3 rings (SSSR count). The van der Waals surface area contributed by atoms with Gasteiger partial charge in [0, 0.05) is 6.54 Å². The molecular formula is C15H17N5O3. The van der Waals surface area contributed by atoms with Crippen LogP contribution in [0.25, 0.3) is 11.0 Å². The van der Waals surface area contributed by atoms with E-state index in [0.29, 0.717) is 0 Å². The van der Waals surface area contributed by atoms with Crippen LogP contribution in [0.4, 0.5) is 4.79 Å². The number of carbonyl (C=O) groups is 3. The fourth-order valence-electron chi connectivity index (χ4n) is 2.61. The molecule has 8 heteroatoms. The predicted molar refractivity (Wildman–Crippen MR) is 82.4 cm³/mol. The maximum Gasteiger partial charge on any atom is 0.325 e. The minimum Gasteiger partial charge on any atom is -0.347 e. The van der Waals surface area contributed by atoms with E-state index in [1.165, 1.54) is 0 Å². The molecule has 0 radical (unpaired) electrons. The smallest absolute Gasteiger partial charge is 0.325 e. The van der Waals surface area contributed by atoms with E-state index in [1.807, 2.05) is 35.8 Å². The summed E-state index contributed by atoms with van der Waals surface area (Å²) >= 11 is 0. The van der Waals surface area contributed by atoms with Crippen molar-refractivity contribution in [2.75, 3.05) is 13.1 Å². The topological polar surface area (TPSA) is 96.3 Å². The molecule has 0 spiro atoms. The fourth-order valence-corrected chi connectivity index (χ4v) is 2.61. The Bertz CT molecular complexity index is 767. The quantitative estimate of drug-likeness (QED) is 0.772. The van der Waals surface area contributed by atoms with E-state index in [0.717, 1.165) is 28.3 Å². The van der Waals surface area contributed by atoms with Gasteiger partial charge in [-0.15, -0.1) is 0 Å². The number of benzene rings is 1. The summed E-state index contributed by atoms with van der Waals surface area (Å²) in [5.41, 5.74) is 1.88. The largest absolute Gasteiger partial charge is 0.347 e. The van der Waals surface area contributed by atoms with Gasteiger partial charge >= 0.3 is 6.03 Å². The predicted octanol–water partition coefficient (Wildman–Crippen LogP) is 0.224. The molecule has 2 aromatic rings. The highest BCUT2D eigenvalue weighted by molar-refractivity contribution is 6.04. The average Bonchev–Trinajstić information content (AvgIpc) is 3.07. The van der Waals surface area contributed by atoms with Crippen LogP contribution in [0.2, 0.25) is 0 Å². The van der Waals surface area contributed by atoms with Crippen molar-refractivity contribution in [2.24, 2.45) is 0 Å². The maximum absolute atomic E-state index is 12.0. The standard InChI is InChI=1S/C15H17N5O3/c1-2-19-11-6-4-3-5-10(11)18-12(19)7-16-13(21)9-20-14(22)8-17-15(20)23/h3-6H,2,7-9H2,1H3,(H,16,21)(H,17,23). The maximum atomic E-state index is 12.0. The lowest BCUT2D eigenvalue weighted by molar-refractivity contribution is -0.130. The zero-order valence-electron chi connectivity index (χ0n) is 12.7. The van der Waals surface area contributed by atoms with Crippen LogP contribution in [-0.2, 0) is 22.7 Å². The van der Waals surface area contributed by atoms with Gasteiger partial charge in [-0.25, -0.2) is 9.78 Å². The zero-order valence-corrected chi connectivity index (χ0v) is 12.7. The first-order valence-electron chi connectivity index (χ1n) is 7.39. The Hall–Kier alpha value is -2.90. The lowest BCUT2D eigenvalue weighted by Crippen LogP contribution is -2.40. The molecule has 0 atom stereocenters. The van der Waals surface area contributed by atoms with Crippen molar-refractivity contribution in [2.45, 2.75) is 20.0 Å². The minimum absolute atomic E-state index is 0.0578. The van der Waals surface area contributed by atoms with Gasteiger partial charge in [-0.3, -0.25) is 14.5 Å². The molecule has 1 fully saturated rings. The van der Waals surface area contributed by atoms with E-state index < -0.39 is 17.8 Å². The van der Waals surface area contributed by atoms with E-state index in [4.69, 9.17) is 0 Å². The Kier molecular flexibility index (Phi) is 3.96. The molecule has 0 aliphatic carbocycles. The summed E-state index contributed by atoms with van der Waals surface area (Å²) in [6.07, 6.45) is 0. The molecule has 120 valence electrons. The number of imidazole rings is 1. The molecule has 1 aromatic heterocycles. The number of imide groups is 1. The number of amides is 4. The minimum atomic E-state index is -0.536. The Morgan fingerprint density at radius 2 is 2.13 bits per heavy atom. The lowest BCUT2D eigenvalue weighted by atomic mass is 10.3. The first kappa shape index (κ1) is 15.0. The Balaban J connectivity index is 1.67. The van der Waals surface area contributed by atoms with Crippen molar-refractivity contribution in [3.63, 3.8) is 0 Å². The number of hydrogen-bond donors (Lipinski definition) is 2. The summed E-state index contributed by atoms with van der Waals surface area (Å²) < 4.78 is 2.02. The van der Waals surface area contributed by atoms with Gasteiger partial charge in [0.25, 0.3) is 5.91 Å². The van der Waals surface area contributed by atoms with Crippen molar-refractivity contribution in [3.8, 4) is 0 Å². The van der Waals surface area contributed by atoms with Crippen LogP contribution in [0.15, 0.2) is 24.3 Å². The molecule has 23 heavy (non-hydrogen) atoms. The summed E-state index contributed by atoms with van der Waals surface area (Å²) in [4.78, 5) is 40.2. The summed E-state index contributed by atoms with van der Waals surface area (Å²) in [6.45, 7) is 2.64. The number of hydrogen-bond acceptors (Lipinski definition) is 4. The SMILES string of the molecule is CCn1c(CNC(=O)CN2C(=O)CNC2=O)nc2ccccc21. The number of urea groups is 1. The second-order valence-electron chi connectivity index (χ2n) is 5.18. The van der Waals surface area contributed by atoms with E-state index >= 15 is 0 Å². The molecule has 0 bridgehead atoms. The van der Waals surface area contributed by atoms with Gasteiger partial charge in [0.2, 0.25) is 5.91 Å². The van der Waals surface area contributed by atoms with Crippen LogP contribution in [0, 0.1) is 0 Å². The highest BCUT2D eigenvalue weighted by Crippen LogP contribution is 2.15. The van der Waals surface area contributed by atoms with Crippen LogP contribution in [0.1, 0.15) is 12.7 Å². The number of fused-ring (bicyclic) bond motifs is 1. The number of aromatic nitrogens is 2. The van der Waals surface area contributed by atoms with Crippen LogP contribution in [-0.4, -0.2) is 45.4 Å². The van der Waals surface area contributed by atoms with Gasteiger partial charge in [-0.1, -0.05) is 12.1 Å². The third-order valence-electron chi connectivity index (χ3n) is 3.73. The van der Waals surface area contributed by atoms with Gasteiger partial charge in [0.05, 0.1) is 24.1 Å². The number of para-hydroxylation sites is 2. The van der Waals surface area contributed by atoms with E-state index in [-0.39, 0.29) is 19.6 Å². The van der Waals surface area contributed by atoms with Crippen molar-refractivity contribution in [3.05, 3.63) is 30.1 Å². The summed E-state index contributed by atoms with van der Waals surface area (Å²) in [5, 5.41) is 5.08. The van der Waals surface area contributed by atoms with Crippen molar-refractivity contribution in [1.82, 2.24) is 25.1 Å². The molecule has 2 heterocycles. The van der Waals surface area contributed by atoms with Crippen LogP contribution < -0.4 is 10.6 Å². The molecule has 4 amide bonds. The van der Waals surface area contributed by atoms with E-state index in [9.17, 15) is 14.4 Å². The Morgan fingerprint density at radius 3 is 2.83 bits per heavy atom. The number of rotatable bonds is 5. The van der Waals surface area contributed by atoms with Crippen LogP contribution in [0.3, 0.4) is 0 Å². The molecule has 1 aliphatic rings.